The number of nitrogen functional groups attached to an aromatic ring is 1. The zero-order valence-electron chi connectivity index (χ0n) is 19.9. The molecule has 0 radical (unpaired) electrons. The van der Waals surface area contributed by atoms with Gasteiger partial charge >= 0.3 is 0 Å². The van der Waals surface area contributed by atoms with Crippen molar-refractivity contribution in [2.45, 2.75) is 45.4 Å². The fourth-order valence-electron chi connectivity index (χ4n) is 4.36. The van der Waals surface area contributed by atoms with E-state index in [-0.39, 0.29) is 11.9 Å². The van der Waals surface area contributed by atoms with Gasteiger partial charge in [-0.1, -0.05) is 44.2 Å². The lowest BCUT2D eigenvalue weighted by molar-refractivity contribution is 0.622. The molecule has 0 saturated carbocycles. The van der Waals surface area contributed by atoms with Crippen molar-refractivity contribution in [2.24, 2.45) is 0 Å². The predicted octanol–water partition coefficient (Wildman–Crippen LogP) is 5.59. The third kappa shape index (κ3) is 4.77. The monoisotopic (exact) mass is 469 g/mol. The minimum absolute atomic E-state index is 0.209. The Bertz CT molecular complexity index is 1430. The van der Waals surface area contributed by atoms with E-state index >= 15 is 0 Å². The van der Waals surface area contributed by atoms with Crippen molar-refractivity contribution in [1.29, 1.82) is 0 Å². The van der Waals surface area contributed by atoms with E-state index in [0.29, 0.717) is 17.0 Å². The quantitative estimate of drug-likeness (QED) is 0.359. The maximum Gasteiger partial charge on any atom is 0.225 e. The first-order valence-electron chi connectivity index (χ1n) is 11.9. The second-order valence-corrected chi connectivity index (χ2v) is 9.05. The first kappa shape index (κ1) is 22.7. The van der Waals surface area contributed by atoms with E-state index in [2.05, 4.69) is 61.4 Å². The summed E-state index contributed by atoms with van der Waals surface area (Å²) in [6, 6.07) is 14.2. The lowest BCUT2D eigenvalue weighted by Gasteiger charge is -2.08. The lowest BCUT2D eigenvalue weighted by atomic mass is 9.98. The number of fused-ring (bicyclic) bond motifs is 2. The van der Waals surface area contributed by atoms with Crippen LogP contribution in [-0.4, -0.2) is 29.5 Å². The Morgan fingerprint density at radius 3 is 2.51 bits per heavy atom. The molecule has 6 rings (SSSR count). The largest absolute Gasteiger partial charge is 0.368 e. The second-order valence-electron chi connectivity index (χ2n) is 9.05. The first-order valence-corrected chi connectivity index (χ1v) is 11.9. The highest BCUT2D eigenvalue weighted by atomic mass is 19.1. The fourth-order valence-corrected chi connectivity index (χ4v) is 4.36. The Morgan fingerprint density at radius 2 is 1.77 bits per heavy atom. The maximum absolute atomic E-state index is 13.2. The number of rotatable bonds is 3. The summed E-state index contributed by atoms with van der Waals surface area (Å²) in [6.07, 6.45) is 9.50. The number of hydrogen-bond acceptors (Lipinski definition) is 5. The van der Waals surface area contributed by atoms with Crippen LogP contribution < -0.4 is 5.73 Å². The van der Waals surface area contributed by atoms with Gasteiger partial charge in [0.1, 0.15) is 5.82 Å². The molecule has 4 aromatic heterocycles. The Kier molecular flexibility index (Phi) is 6.27. The summed E-state index contributed by atoms with van der Waals surface area (Å²) in [6.45, 7) is 4.08. The Labute approximate surface area is 203 Å². The number of aryl methyl sites for hydroxylation is 2. The molecule has 0 amide bonds. The van der Waals surface area contributed by atoms with Crippen LogP contribution in [0.5, 0.6) is 0 Å². The van der Waals surface area contributed by atoms with E-state index in [1.807, 2.05) is 13.8 Å². The molecule has 3 N–H and O–H groups in total. The van der Waals surface area contributed by atoms with Gasteiger partial charge in [0.15, 0.2) is 11.5 Å². The van der Waals surface area contributed by atoms with Crippen LogP contribution in [0, 0.1) is 5.82 Å². The molecule has 178 valence electrons. The molecule has 0 bridgehead atoms. The number of nitrogens with zero attached hydrogens (tertiary/aromatic N) is 5. The van der Waals surface area contributed by atoms with Crippen LogP contribution in [0.15, 0.2) is 61.1 Å². The molecular weight excluding hydrogens is 441 g/mol. The predicted molar refractivity (Wildman–Crippen MR) is 135 cm³/mol. The van der Waals surface area contributed by atoms with Crippen LogP contribution in [0.25, 0.3) is 28.3 Å². The van der Waals surface area contributed by atoms with Gasteiger partial charge in [-0.3, -0.25) is 4.98 Å². The summed E-state index contributed by atoms with van der Waals surface area (Å²) in [5, 5.41) is 4.17. The van der Waals surface area contributed by atoms with Gasteiger partial charge < -0.3 is 10.7 Å². The highest BCUT2D eigenvalue weighted by Crippen LogP contribution is 2.27. The van der Waals surface area contributed by atoms with Gasteiger partial charge in [0.2, 0.25) is 5.95 Å². The Hall–Kier alpha value is -4.07. The van der Waals surface area contributed by atoms with E-state index < -0.39 is 5.82 Å². The van der Waals surface area contributed by atoms with Gasteiger partial charge in [-0.25, -0.2) is 9.37 Å². The van der Waals surface area contributed by atoms with E-state index in [0.717, 1.165) is 11.8 Å². The molecule has 4 heterocycles. The summed E-state index contributed by atoms with van der Waals surface area (Å²) in [5.41, 5.74) is 13.5. The average Bonchev–Trinajstić information content (AvgIpc) is 3.50. The molecular formula is C27H28FN7. The minimum atomic E-state index is -0.442. The van der Waals surface area contributed by atoms with E-state index in [1.54, 1.807) is 6.20 Å². The molecule has 0 unspecified atom stereocenters. The van der Waals surface area contributed by atoms with E-state index in [1.165, 1.54) is 65.0 Å². The number of nitrogens with two attached hydrogens (primary N) is 1. The number of anilines is 1. The van der Waals surface area contributed by atoms with Crippen molar-refractivity contribution in [2.75, 3.05) is 5.73 Å². The first-order chi connectivity index (χ1) is 17.0. The SMILES string of the molecule is CC(C)c1cnn2c(N)nc(-c3cncc(F)c3)nc12.c1ccc(-c2cc3c([nH]2)CCCC3)cc1. The number of aromatic amines is 1. The number of nitrogens with one attached hydrogen (secondary N) is 1. The summed E-state index contributed by atoms with van der Waals surface area (Å²) in [4.78, 5) is 15.9. The summed E-state index contributed by atoms with van der Waals surface area (Å²) in [5.74, 6) is 0.355. The summed E-state index contributed by atoms with van der Waals surface area (Å²) >= 11 is 0. The van der Waals surface area contributed by atoms with Crippen molar-refractivity contribution >= 4 is 11.6 Å². The molecule has 7 nitrogen and oxygen atoms in total. The molecule has 0 atom stereocenters. The van der Waals surface area contributed by atoms with Crippen LogP contribution in [-0.2, 0) is 12.8 Å². The zero-order chi connectivity index (χ0) is 24.4. The van der Waals surface area contributed by atoms with Gasteiger partial charge in [0, 0.05) is 28.7 Å². The van der Waals surface area contributed by atoms with Gasteiger partial charge in [-0.2, -0.15) is 14.6 Å². The van der Waals surface area contributed by atoms with E-state index in [4.69, 9.17) is 5.73 Å². The lowest BCUT2D eigenvalue weighted by Crippen LogP contribution is -2.06. The molecule has 35 heavy (non-hydrogen) atoms. The maximum atomic E-state index is 13.2. The summed E-state index contributed by atoms with van der Waals surface area (Å²) in [7, 11) is 0. The highest BCUT2D eigenvalue weighted by Gasteiger charge is 2.15. The molecule has 0 aliphatic heterocycles. The van der Waals surface area contributed by atoms with E-state index in [9.17, 15) is 4.39 Å². The number of hydrogen-bond donors (Lipinski definition) is 2. The number of H-pyrrole nitrogens is 1. The van der Waals surface area contributed by atoms with Crippen molar-refractivity contribution < 1.29 is 4.39 Å². The van der Waals surface area contributed by atoms with Crippen molar-refractivity contribution in [3.63, 3.8) is 0 Å². The molecule has 1 aromatic carbocycles. The average molecular weight is 470 g/mol. The van der Waals surface area contributed by atoms with Crippen LogP contribution in [0.1, 0.15) is 49.4 Å². The van der Waals surface area contributed by atoms with Crippen molar-refractivity contribution in [3.05, 3.63) is 83.7 Å². The van der Waals surface area contributed by atoms with Gasteiger partial charge in [0.25, 0.3) is 0 Å². The number of halogens is 1. The van der Waals surface area contributed by atoms with Crippen LogP contribution in [0.4, 0.5) is 10.3 Å². The van der Waals surface area contributed by atoms with Gasteiger partial charge in [-0.05, 0) is 54.9 Å². The second kappa shape index (κ2) is 9.66. The third-order valence-corrected chi connectivity index (χ3v) is 6.20. The smallest absolute Gasteiger partial charge is 0.225 e. The summed E-state index contributed by atoms with van der Waals surface area (Å²) < 4.78 is 14.7. The van der Waals surface area contributed by atoms with Gasteiger partial charge in [-0.15, -0.1) is 0 Å². The number of pyridine rings is 1. The van der Waals surface area contributed by atoms with Crippen molar-refractivity contribution in [3.8, 4) is 22.6 Å². The van der Waals surface area contributed by atoms with Crippen LogP contribution in [0.3, 0.4) is 0 Å². The van der Waals surface area contributed by atoms with Gasteiger partial charge in [0.05, 0.1) is 12.4 Å². The normalized spacial score (nSPS) is 12.9. The van der Waals surface area contributed by atoms with Crippen LogP contribution >= 0.6 is 0 Å². The Morgan fingerprint density at radius 1 is 0.971 bits per heavy atom. The minimum Gasteiger partial charge on any atom is -0.368 e. The highest BCUT2D eigenvalue weighted by molar-refractivity contribution is 5.62. The zero-order valence-corrected chi connectivity index (χ0v) is 19.9. The molecule has 0 spiro atoms. The topological polar surface area (TPSA) is 97.8 Å². The Balaban J connectivity index is 0.000000151. The number of aromatic nitrogens is 6. The standard InChI is InChI=1S/C14H15N.C13H13FN6/c1-2-6-11(7-3-1)14-10-12-8-4-5-9-13(12)15-14;1-7(2)10-6-17-20-12(10)18-11(19-13(20)15)8-3-9(14)5-16-4-8/h1-3,6-7,10,15H,4-5,8-9H2;3-7H,1-2H3,(H2,15,18,19). The molecule has 0 saturated heterocycles. The molecule has 0 fully saturated rings. The van der Waals surface area contributed by atoms with Crippen LogP contribution in [0.2, 0.25) is 0 Å². The molecule has 1 aliphatic carbocycles. The molecule has 8 heteroatoms. The van der Waals surface area contributed by atoms with Crippen molar-refractivity contribution in [1.82, 2.24) is 29.5 Å². The fraction of sp³-hybridized carbons (Fsp3) is 0.259. The molecule has 5 aromatic rings. The number of benzene rings is 1. The molecule has 1 aliphatic rings. The third-order valence-electron chi connectivity index (χ3n) is 6.20.